The molecule has 2 rings (SSSR count). The van der Waals surface area contributed by atoms with Crippen LogP contribution in [0.1, 0.15) is 11.1 Å². The first kappa shape index (κ1) is 12.0. The minimum absolute atomic E-state index is 0.501. The number of ether oxygens (including phenoxy) is 1. The van der Waals surface area contributed by atoms with Crippen molar-refractivity contribution in [2.75, 3.05) is 12.9 Å². The molecule has 1 aromatic carbocycles. The molecule has 1 aromatic rings. The van der Waals surface area contributed by atoms with E-state index in [1.54, 1.807) is 7.11 Å². The van der Waals surface area contributed by atoms with Crippen LogP contribution < -0.4 is 4.74 Å². The molecule has 1 atom stereocenters. The molecule has 5 heteroatoms. The van der Waals surface area contributed by atoms with Crippen molar-refractivity contribution in [2.45, 2.75) is 13.0 Å². The summed E-state index contributed by atoms with van der Waals surface area (Å²) in [5, 5.41) is 9.65. The number of hydrogen-bond acceptors (Lipinski definition) is 4. The first-order chi connectivity index (χ1) is 8.11. The lowest BCUT2D eigenvalue weighted by Crippen LogP contribution is -2.17. The van der Waals surface area contributed by atoms with Crippen molar-refractivity contribution in [3.05, 3.63) is 29.3 Å². The molecule has 0 radical (unpaired) electrons. The number of hydrogen-bond donors (Lipinski definition) is 1. The zero-order valence-corrected chi connectivity index (χ0v) is 10.5. The van der Waals surface area contributed by atoms with Crippen LogP contribution in [0.5, 0.6) is 5.75 Å². The Morgan fingerprint density at radius 3 is 2.94 bits per heavy atom. The average Bonchev–Trinajstić information content (AvgIpc) is 2.79. The van der Waals surface area contributed by atoms with E-state index in [0.29, 0.717) is 5.75 Å². The quantitative estimate of drug-likeness (QED) is 0.892. The molecule has 0 amide bonds. The maximum Gasteiger partial charge on any atom is 0.329 e. The summed E-state index contributed by atoms with van der Waals surface area (Å²) in [5.41, 5.74) is 1.97. The van der Waals surface area contributed by atoms with Gasteiger partial charge < -0.3 is 9.84 Å². The number of thioether (sulfide) groups is 1. The molecule has 0 spiro atoms. The maximum absolute atomic E-state index is 10.8. The third kappa shape index (κ3) is 2.44. The molecule has 1 aliphatic heterocycles. The molecule has 4 nitrogen and oxygen atoms in total. The van der Waals surface area contributed by atoms with E-state index in [9.17, 15) is 4.79 Å². The molecule has 0 bridgehead atoms. The predicted octanol–water partition coefficient (Wildman–Crippen LogP) is 1.95. The van der Waals surface area contributed by atoms with E-state index in [1.807, 2.05) is 25.1 Å². The standard InChI is InChI=1S/C12H13NO3S/c1-7-3-4-8(5-10(7)16-2)11-13-9(6-17-11)12(14)15/h3-5,9H,6H2,1-2H3,(H,14,15). The maximum atomic E-state index is 10.8. The van der Waals surface area contributed by atoms with Crippen LogP contribution in [0.3, 0.4) is 0 Å². The second kappa shape index (κ2) is 4.79. The summed E-state index contributed by atoms with van der Waals surface area (Å²) in [6, 6.07) is 5.16. The fourth-order valence-corrected chi connectivity index (χ4v) is 2.64. The van der Waals surface area contributed by atoms with Crippen molar-refractivity contribution in [3.8, 4) is 5.75 Å². The monoisotopic (exact) mass is 251 g/mol. The Morgan fingerprint density at radius 2 is 2.35 bits per heavy atom. The van der Waals surface area contributed by atoms with E-state index >= 15 is 0 Å². The third-order valence-corrected chi connectivity index (χ3v) is 3.69. The summed E-state index contributed by atoms with van der Waals surface area (Å²) in [6.45, 7) is 1.96. The molecule has 0 saturated heterocycles. The Bertz CT molecular complexity index is 485. The van der Waals surface area contributed by atoms with Gasteiger partial charge in [0.25, 0.3) is 0 Å². The first-order valence-corrected chi connectivity index (χ1v) is 6.19. The summed E-state index contributed by atoms with van der Waals surface area (Å²) >= 11 is 1.47. The Balaban J connectivity index is 2.30. The number of nitrogens with zero attached hydrogens (tertiary/aromatic N) is 1. The average molecular weight is 251 g/mol. The highest BCUT2D eigenvalue weighted by Gasteiger charge is 2.25. The van der Waals surface area contributed by atoms with Crippen LogP contribution in [0.25, 0.3) is 0 Å². The zero-order chi connectivity index (χ0) is 12.4. The van der Waals surface area contributed by atoms with Gasteiger partial charge in [-0.3, -0.25) is 4.99 Å². The number of carboxylic acid groups (broad SMARTS) is 1. The van der Waals surface area contributed by atoms with E-state index in [2.05, 4.69) is 4.99 Å². The van der Waals surface area contributed by atoms with Gasteiger partial charge in [-0.05, 0) is 18.6 Å². The molecular formula is C12H13NO3S. The third-order valence-electron chi connectivity index (χ3n) is 2.59. The molecule has 1 N–H and O–H groups in total. The number of carbonyl (C=O) groups is 1. The van der Waals surface area contributed by atoms with Gasteiger partial charge in [0.1, 0.15) is 5.75 Å². The Kier molecular flexibility index (Phi) is 3.38. The number of aliphatic carboxylic acids is 1. The van der Waals surface area contributed by atoms with Gasteiger partial charge in [-0.2, -0.15) is 0 Å². The van der Waals surface area contributed by atoms with Crippen LogP contribution in [0, 0.1) is 6.92 Å². The number of methoxy groups -OCH3 is 1. The van der Waals surface area contributed by atoms with Gasteiger partial charge in [-0.1, -0.05) is 12.1 Å². The lowest BCUT2D eigenvalue weighted by Gasteiger charge is -2.06. The van der Waals surface area contributed by atoms with E-state index in [0.717, 1.165) is 21.9 Å². The van der Waals surface area contributed by atoms with Crippen LogP contribution in [0.15, 0.2) is 23.2 Å². The molecule has 0 fully saturated rings. The summed E-state index contributed by atoms with van der Waals surface area (Å²) in [4.78, 5) is 15.0. The van der Waals surface area contributed by atoms with Gasteiger partial charge in [-0.25, -0.2) is 4.79 Å². The zero-order valence-electron chi connectivity index (χ0n) is 9.64. The van der Waals surface area contributed by atoms with Crippen LogP contribution in [-0.4, -0.2) is 35.0 Å². The molecular weight excluding hydrogens is 238 g/mol. The Hall–Kier alpha value is -1.49. The second-order valence-electron chi connectivity index (χ2n) is 3.78. The van der Waals surface area contributed by atoms with Gasteiger partial charge in [0.2, 0.25) is 0 Å². The highest BCUT2D eigenvalue weighted by atomic mass is 32.2. The highest BCUT2D eigenvalue weighted by Crippen LogP contribution is 2.27. The van der Waals surface area contributed by atoms with Gasteiger partial charge in [0.05, 0.1) is 12.2 Å². The largest absolute Gasteiger partial charge is 0.496 e. The topological polar surface area (TPSA) is 58.9 Å². The van der Waals surface area contributed by atoms with Crippen molar-refractivity contribution in [1.82, 2.24) is 0 Å². The number of carboxylic acids is 1. The van der Waals surface area contributed by atoms with Crippen LogP contribution in [-0.2, 0) is 4.79 Å². The van der Waals surface area contributed by atoms with Crippen LogP contribution in [0.2, 0.25) is 0 Å². The SMILES string of the molecule is COc1cc(C2=NC(C(=O)O)CS2)ccc1C. The van der Waals surface area contributed by atoms with Crippen LogP contribution in [0.4, 0.5) is 0 Å². The fourth-order valence-electron chi connectivity index (χ4n) is 1.61. The molecule has 0 aliphatic carbocycles. The number of benzene rings is 1. The summed E-state index contributed by atoms with van der Waals surface area (Å²) < 4.78 is 5.24. The van der Waals surface area contributed by atoms with E-state index < -0.39 is 12.0 Å². The first-order valence-electron chi connectivity index (χ1n) is 5.20. The summed E-state index contributed by atoms with van der Waals surface area (Å²) in [7, 11) is 1.62. The number of aryl methyl sites for hydroxylation is 1. The normalized spacial score (nSPS) is 18.9. The smallest absolute Gasteiger partial charge is 0.329 e. The van der Waals surface area contributed by atoms with Crippen molar-refractivity contribution >= 4 is 22.8 Å². The van der Waals surface area contributed by atoms with Crippen molar-refractivity contribution in [1.29, 1.82) is 0 Å². The van der Waals surface area contributed by atoms with Crippen molar-refractivity contribution in [3.63, 3.8) is 0 Å². The Labute approximate surface area is 104 Å². The second-order valence-corrected chi connectivity index (χ2v) is 4.79. The van der Waals surface area contributed by atoms with Crippen LogP contribution >= 0.6 is 11.8 Å². The summed E-state index contributed by atoms with van der Waals surface area (Å²) in [5.74, 6) is 0.428. The molecule has 0 aromatic heterocycles. The molecule has 1 heterocycles. The molecule has 1 aliphatic rings. The summed E-state index contributed by atoms with van der Waals surface area (Å²) in [6.07, 6.45) is 0. The van der Waals surface area contributed by atoms with Crippen molar-refractivity contribution in [2.24, 2.45) is 4.99 Å². The van der Waals surface area contributed by atoms with E-state index in [1.165, 1.54) is 11.8 Å². The molecule has 17 heavy (non-hydrogen) atoms. The predicted molar refractivity (Wildman–Crippen MR) is 68.1 cm³/mol. The van der Waals surface area contributed by atoms with Gasteiger partial charge in [0, 0.05) is 11.3 Å². The highest BCUT2D eigenvalue weighted by molar-refractivity contribution is 8.14. The minimum atomic E-state index is -0.869. The van der Waals surface area contributed by atoms with Crippen molar-refractivity contribution < 1.29 is 14.6 Å². The molecule has 1 unspecified atom stereocenters. The number of aliphatic imine (C=N–C) groups is 1. The van der Waals surface area contributed by atoms with Gasteiger partial charge in [-0.15, -0.1) is 11.8 Å². The number of rotatable bonds is 3. The molecule has 0 saturated carbocycles. The lowest BCUT2D eigenvalue weighted by molar-refractivity contribution is -0.137. The Morgan fingerprint density at radius 1 is 1.59 bits per heavy atom. The lowest BCUT2D eigenvalue weighted by atomic mass is 10.1. The molecule has 90 valence electrons. The van der Waals surface area contributed by atoms with E-state index in [4.69, 9.17) is 9.84 Å². The minimum Gasteiger partial charge on any atom is -0.496 e. The fraction of sp³-hybridized carbons (Fsp3) is 0.333. The van der Waals surface area contributed by atoms with Gasteiger partial charge in [0.15, 0.2) is 6.04 Å². The van der Waals surface area contributed by atoms with E-state index in [-0.39, 0.29) is 0 Å². The van der Waals surface area contributed by atoms with Gasteiger partial charge >= 0.3 is 5.97 Å².